The van der Waals surface area contributed by atoms with Crippen molar-refractivity contribution in [2.24, 2.45) is 0 Å². The largest absolute Gasteiger partial charge is 0.492 e. The molecule has 1 aromatic heterocycles. The molecular formula is C14H13ClN2O3S. The van der Waals surface area contributed by atoms with E-state index in [2.05, 4.69) is 10.9 Å². The zero-order valence-electron chi connectivity index (χ0n) is 11.2. The number of carbonyl (C=O) groups is 2. The Morgan fingerprint density at radius 2 is 1.81 bits per heavy atom. The summed E-state index contributed by atoms with van der Waals surface area (Å²) in [5.74, 6) is -0.342. The summed E-state index contributed by atoms with van der Waals surface area (Å²) in [6.07, 6.45) is 0. The second kappa shape index (κ2) is 7.10. The van der Waals surface area contributed by atoms with Crippen molar-refractivity contribution in [1.82, 2.24) is 10.9 Å². The van der Waals surface area contributed by atoms with Crippen LogP contribution >= 0.6 is 22.9 Å². The van der Waals surface area contributed by atoms with Gasteiger partial charge in [0.15, 0.2) is 0 Å². The summed E-state index contributed by atoms with van der Waals surface area (Å²) >= 11 is 6.99. The lowest BCUT2D eigenvalue weighted by molar-refractivity contribution is 0.0847. The first-order chi connectivity index (χ1) is 10.1. The van der Waals surface area contributed by atoms with E-state index in [0.717, 1.165) is 0 Å². The van der Waals surface area contributed by atoms with Crippen molar-refractivity contribution in [2.75, 3.05) is 6.61 Å². The van der Waals surface area contributed by atoms with Gasteiger partial charge in [-0.05, 0) is 42.6 Å². The first-order valence-electron chi connectivity index (χ1n) is 6.18. The predicted octanol–water partition coefficient (Wildman–Crippen LogP) is 2.88. The second-order valence-electron chi connectivity index (χ2n) is 3.96. The number of amides is 2. The van der Waals surface area contributed by atoms with Crippen molar-refractivity contribution in [2.45, 2.75) is 6.92 Å². The van der Waals surface area contributed by atoms with Crippen LogP contribution in [-0.4, -0.2) is 18.4 Å². The molecule has 0 fully saturated rings. The monoisotopic (exact) mass is 324 g/mol. The van der Waals surface area contributed by atoms with Crippen LogP contribution in [0, 0.1) is 0 Å². The van der Waals surface area contributed by atoms with Gasteiger partial charge < -0.3 is 4.74 Å². The molecule has 2 amide bonds. The number of thiophene rings is 1. The van der Waals surface area contributed by atoms with Gasteiger partial charge in [-0.3, -0.25) is 20.4 Å². The molecule has 0 bridgehead atoms. The Kier molecular flexibility index (Phi) is 5.19. The minimum Gasteiger partial charge on any atom is -0.492 e. The summed E-state index contributed by atoms with van der Waals surface area (Å²) in [4.78, 5) is 24.2. The third kappa shape index (κ3) is 3.96. The maximum atomic E-state index is 12.0. The lowest BCUT2D eigenvalue weighted by Gasteiger charge is -2.08. The van der Waals surface area contributed by atoms with Crippen molar-refractivity contribution in [3.05, 3.63) is 51.2 Å². The zero-order chi connectivity index (χ0) is 15.2. The maximum absolute atomic E-state index is 12.0. The number of hydrazine groups is 1. The van der Waals surface area contributed by atoms with Crippen LogP contribution in [0.25, 0.3) is 0 Å². The van der Waals surface area contributed by atoms with Crippen LogP contribution in [0.15, 0.2) is 35.7 Å². The minimum absolute atomic E-state index is 0.399. The van der Waals surface area contributed by atoms with E-state index in [9.17, 15) is 9.59 Å². The third-order valence-electron chi connectivity index (χ3n) is 2.53. The first-order valence-corrected chi connectivity index (χ1v) is 7.44. The third-order valence-corrected chi connectivity index (χ3v) is 3.68. The van der Waals surface area contributed by atoms with Crippen LogP contribution in [0.3, 0.4) is 0 Å². The Morgan fingerprint density at radius 1 is 1.14 bits per heavy atom. The van der Waals surface area contributed by atoms with Crippen molar-refractivity contribution in [1.29, 1.82) is 0 Å². The van der Waals surface area contributed by atoms with E-state index in [-0.39, 0.29) is 0 Å². The Hall–Kier alpha value is -2.05. The number of hydrogen-bond acceptors (Lipinski definition) is 4. The highest BCUT2D eigenvalue weighted by Gasteiger charge is 2.15. The van der Waals surface area contributed by atoms with Crippen molar-refractivity contribution in [3.8, 4) is 5.75 Å². The molecule has 5 nitrogen and oxygen atoms in total. The number of benzene rings is 1. The summed E-state index contributed by atoms with van der Waals surface area (Å²) in [6.45, 7) is 2.30. The van der Waals surface area contributed by atoms with E-state index < -0.39 is 11.8 Å². The molecular weight excluding hydrogens is 312 g/mol. The van der Waals surface area contributed by atoms with Gasteiger partial charge in [-0.2, -0.15) is 0 Å². The smallest absolute Gasteiger partial charge is 0.283 e. The van der Waals surface area contributed by atoms with Crippen molar-refractivity contribution >= 4 is 34.8 Å². The summed E-state index contributed by atoms with van der Waals surface area (Å²) < 4.78 is 5.32. The molecule has 7 heteroatoms. The summed E-state index contributed by atoms with van der Waals surface area (Å²) in [6, 6.07) is 8.06. The predicted molar refractivity (Wildman–Crippen MR) is 81.9 cm³/mol. The number of rotatable bonds is 4. The highest BCUT2D eigenvalue weighted by atomic mass is 35.5. The molecule has 2 rings (SSSR count). The molecule has 110 valence electrons. The maximum Gasteiger partial charge on any atom is 0.283 e. The summed E-state index contributed by atoms with van der Waals surface area (Å²) in [5, 5.41) is 2.29. The normalized spacial score (nSPS) is 10.0. The molecule has 1 aromatic carbocycles. The Labute approximate surface area is 130 Å². The molecule has 0 saturated carbocycles. The molecule has 0 spiro atoms. The van der Waals surface area contributed by atoms with Gasteiger partial charge in [0.1, 0.15) is 10.6 Å². The van der Waals surface area contributed by atoms with Crippen LogP contribution in [0.2, 0.25) is 5.02 Å². The number of halogens is 1. The molecule has 0 radical (unpaired) electrons. The fraction of sp³-hybridized carbons (Fsp3) is 0.143. The molecule has 0 aliphatic rings. The average Bonchev–Trinajstić information content (AvgIpc) is 2.94. The Morgan fingerprint density at radius 3 is 2.48 bits per heavy atom. The van der Waals surface area contributed by atoms with Crippen LogP contribution in [0.1, 0.15) is 27.0 Å². The minimum atomic E-state index is -0.422. The van der Waals surface area contributed by atoms with Crippen LogP contribution in [0.4, 0.5) is 0 Å². The quantitative estimate of drug-likeness (QED) is 0.850. The van der Waals surface area contributed by atoms with Crippen LogP contribution in [0.5, 0.6) is 5.75 Å². The lowest BCUT2D eigenvalue weighted by Crippen LogP contribution is -2.41. The number of ether oxygens (including phenoxy) is 1. The highest BCUT2D eigenvalue weighted by Crippen LogP contribution is 2.24. The van der Waals surface area contributed by atoms with Crippen LogP contribution in [-0.2, 0) is 0 Å². The molecule has 0 aliphatic heterocycles. The first kappa shape index (κ1) is 15.3. The standard InChI is InChI=1S/C14H13ClN2O3S/c1-2-20-11-7-8-21-12(11)14(19)17-16-13(18)9-3-5-10(15)6-4-9/h3-8H,2H2,1H3,(H,16,18)(H,17,19). The summed E-state index contributed by atoms with van der Waals surface area (Å²) in [7, 11) is 0. The summed E-state index contributed by atoms with van der Waals surface area (Å²) in [5.41, 5.74) is 5.10. The molecule has 0 unspecified atom stereocenters. The van der Waals surface area contributed by atoms with E-state index in [1.807, 2.05) is 6.92 Å². The van der Waals surface area contributed by atoms with E-state index in [1.165, 1.54) is 11.3 Å². The van der Waals surface area contributed by atoms with E-state index >= 15 is 0 Å². The second-order valence-corrected chi connectivity index (χ2v) is 5.31. The fourth-order valence-corrected chi connectivity index (χ4v) is 2.43. The number of nitrogens with one attached hydrogen (secondary N) is 2. The van der Waals surface area contributed by atoms with E-state index in [1.54, 1.807) is 35.7 Å². The van der Waals surface area contributed by atoms with Gasteiger partial charge >= 0.3 is 0 Å². The van der Waals surface area contributed by atoms with E-state index in [0.29, 0.717) is 27.8 Å². The molecule has 2 N–H and O–H groups in total. The van der Waals surface area contributed by atoms with Gasteiger partial charge in [0.05, 0.1) is 6.61 Å². The van der Waals surface area contributed by atoms with Gasteiger partial charge in [-0.15, -0.1) is 11.3 Å². The molecule has 0 saturated heterocycles. The van der Waals surface area contributed by atoms with Crippen molar-refractivity contribution < 1.29 is 14.3 Å². The van der Waals surface area contributed by atoms with Crippen LogP contribution < -0.4 is 15.6 Å². The topological polar surface area (TPSA) is 67.4 Å². The van der Waals surface area contributed by atoms with Gasteiger partial charge in [0.2, 0.25) is 0 Å². The van der Waals surface area contributed by atoms with Gasteiger partial charge in [0, 0.05) is 10.6 Å². The average molecular weight is 325 g/mol. The molecule has 0 aliphatic carbocycles. The van der Waals surface area contributed by atoms with Crippen molar-refractivity contribution in [3.63, 3.8) is 0 Å². The van der Waals surface area contributed by atoms with Gasteiger partial charge in [-0.25, -0.2) is 0 Å². The SMILES string of the molecule is CCOc1ccsc1C(=O)NNC(=O)c1ccc(Cl)cc1. The Balaban J connectivity index is 1.96. The van der Waals surface area contributed by atoms with E-state index in [4.69, 9.17) is 16.3 Å². The number of carbonyl (C=O) groups excluding carboxylic acids is 2. The lowest BCUT2D eigenvalue weighted by atomic mass is 10.2. The molecule has 1 heterocycles. The van der Waals surface area contributed by atoms with Gasteiger partial charge in [0.25, 0.3) is 11.8 Å². The molecule has 21 heavy (non-hydrogen) atoms. The molecule has 2 aromatic rings. The fourth-order valence-electron chi connectivity index (χ4n) is 1.58. The Bertz CT molecular complexity index is 640. The molecule has 0 atom stereocenters. The highest BCUT2D eigenvalue weighted by molar-refractivity contribution is 7.12. The zero-order valence-corrected chi connectivity index (χ0v) is 12.8. The van der Waals surface area contributed by atoms with Gasteiger partial charge in [-0.1, -0.05) is 11.6 Å². The number of hydrogen-bond donors (Lipinski definition) is 2.